The van der Waals surface area contributed by atoms with Crippen LogP contribution in [0.3, 0.4) is 0 Å². The molecule has 0 fully saturated rings. The zero-order chi connectivity index (χ0) is 24.7. The Kier molecular flexibility index (Phi) is 6.22. The Morgan fingerprint density at radius 1 is 0.824 bits per heavy atom. The average molecular weight is 474 g/mol. The summed E-state index contributed by atoms with van der Waals surface area (Å²) in [5.74, 6) is -10.0. The van der Waals surface area contributed by atoms with Crippen molar-refractivity contribution in [3.63, 3.8) is 0 Å². The smallest absolute Gasteiger partial charge is 0.345 e. The van der Waals surface area contributed by atoms with Crippen LogP contribution in [0.4, 0.5) is 22.0 Å². The summed E-state index contributed by atoms with van der Waals surface area (Å²) >= 11 is 0. The summed E-state index contributed by atoms with van der Waals surface area (Å²) in [6, 6.07) is 11.6. The fourth-order valence-corrected chi connectivity index (χ4v) is 3.85. The molecule has 0 spiro atoms. The quantitative estimate of drug-likeness (QED) is 0.215. The molecule has 0 aliphatic carbocycles. The zero-order valence-corrected chi connectivity index (χ0v) is 18.3. The van der Waals surface area contributed by atoms with Crippen LogP contribution in [0, 0.1) is 29.1 Å². The van der Waals surface area contributed by atoms with Crippen molar-refractivity contribution in [3.05, 3.63) is 98.7 Å². The maximum atomic E-state index is 14.5. The maximum Gasteiger partial charge on any atom is 0.345 e. The first kappa shape index (κ1) is 23.6. The summed E-state index contributed by atoms with van der Waals surface area (Å²) in [6.07, 6.45) is -1.61. The van der Waals surface area contributed by atoms with E-state index in [0.717, 1.165) is 12.7 Å². The molecule has 0 aliphatic heterocycles. The van der Waals surface area contributed by atoms with Gasteiger partial charge in [0.25, 0.3) is 0 Å². The lowest BCUT2D eigenvalue weighted by atomic mass is 9.96. The van der Waals surface area contributed by atoms with E-state index in [2.05, 4.69) is 9.97 Å². The van der Waals surface area contributed by atoms with Crippen molar-refractivity contribution in [2.75, 3.05) is 7.11 Å². The standard InChI is InChI=1S/C25H19F5N2O2/c1-11(2)12-4-6-13(7-5-12)23-15-10-14(8-9-16(15)31-25(33)32-23)24(34-3)17-18(26)20(28)22(30)21(29)19(17)27/h4-11,24H,1-3H3,(H,31,32,33). The molecule has 9 heteroatoms. The summed E-state index contributed by atoms with van der Waals surface area (Å²) in [5, 5.41) is 0.403. The number of rotatable bonds is 5. The van der Waals surface area contributed by atoms with Crippen LogP contribution in [0.2, 0.25) is 0 Å². The molecular formula is C25H19F5N2O2. The number of nitrogens with zero attached hydrogens (tertiary/aromatic N) is 1. The highest BCUT2D eigenvalue weighted by atomic mass is 19.2. The molecule has 1 heterocycles. The van der Waals surface area contributed by atoms with Gasteiger partial charge >= 0.3 is 5.69 Å². The highest BCUT2D eigenvalue weighted by Crippen LogP contribution is 2.36. The Labute approximate surface area is 191 Å². The van der Waals surface area contributed by atoms with Crippen LogP contribution in [-0.2, 0) is 4.74 Å². The first-order valence-electron chi connectivity index (χ1n) is 10.3. The van der Waals surface area contributed by atoms with Crippen LogP contribution < -0.4 is 5.69 Å². The Morgan fingerprint density at radius 3 is 1.94 bits per heavy atom. The van der Waals surface area contributed by atoms with Gasteiger partial charge in [-0.2, -0.15) is 4.98 Å². The van der Waals surface area contributed by atoms with Gasteiger partial charge in [0.2, 0.25) is 5.82 Å². The van der Waals surface area contributed by atoms with Crippen molar-refractivity contribution in [2.24, 2.45) is 0 Å². The normalized spacial score (nSPS) is 12.5. The molecule has 1 aromatic heterocycles. The van der Waals surface area contributed by atoms with Crippen LogP contribution in [-0.4, -0.2) is 17.1 Å². The second-order valence-corrected chi connectivity index (χ2v) is 8.07. The predicted octanol–water partition coefficient (Wildman–Crippen LogP) is 6.14. The summed E-state index contributed by atoms with van der Waals surface area (Å²) < 4.78 is 75.3. The molecular weight excluding hydrogens is 455 g/mol. The summed E-state index contributed by atoms with van der Waals surface area (Å²) in [7, 11) is 1.09. The van der Waals surface area contributed by atoms with Gasteiger partial charge in [-0.25, -0.2) is 26.7 Å². The van der Waals surface area contributed by atoms with Gasteiger partial charge in [0.05, 0.1) is 16.8 Å². The van der Waals surface area contributed by atoms with Crippen LogP contribution in [0.5, 0.6) is 0 Å². The molecule has 1 atom stereocenters. The van der Waals surface area contributed by atoms with E-state index >= 15 is 0 Å². The third-order valence-corrected chi connectivity index (χ3v) is 5.65. The number of fused-ring (bicyclic) bond motifs is 1. The molecule has 4 rings (SSSR count). The lowest BCUT2D eigenvalue weighted by Gasteiger charge is -2.19. The van der Waals surface area contributed by atoms with Crippen molar-refractivity contribution in [3.8, 4) is 11.3 Å². The van der Waals surface area contributed by atoms with E-state index in [0.29, 0.717) is 22.2 Å². The van der Waals surface area contributed by atoms with E-state index < -0.39 is 46.4 Å². The van der Waals surface area contributed by atoms with Gasteiger partial charge in [0, 0.05) is 18.1 Å². The first-order chi connectivity index (χ1) is 16.1. The van der Waals surface area contributed by atoms with Crippen molar-refractivity contribution >= 4 is 10.9 Å². The Hall–Kier alpha value is -3.59. The van der Waals surface area contributed by atoms with Crippen molar-refractivity contribution in [2.45, 2.75) is 25.9 Å². The first-order valence-corrected chi connectivity index (χ1v) is 10.3. The molecule has 1 unspecified atom stereocenters. The van der Waals surface area contributed by atoms with E-state index in [4.69, 9.17) is 4.74 Å². The maximum absolute atomic E-state index is 14.5. The van der Waals surface area contributed by atoms with E-state index in [9.17, 15) is 26.7 Å². The molecule has 0 aliphatic rings. The Balaban J connectivity index is 1.92. The molecule has 0 saturated carbocycles. The molecule has 0 saturated heterocycles. The largest absolute Gasteiger partial charge is 0.372 e. The Morgan fingerprint density at radius 2 is 1.38 bits per heavy atom. The molecule has 4 aromatic rings. The topological polar surface area (TPSA) is 55.0 Å². The molecule has 1 N–H and O–H groups in total. The number of H-pyrrole nitrogens is 1. The number of benzene rings is 3. The molecule has 34 heavy (non-hydrogen) atoms. The fourth-order valence-electron chi connectivity index (χ4n) is 3.85. The minimum Gasteiger partial charge on any atom is -0.372 e. The molecule has 176 valence electrons. The molecule has 3 aromatic carbocycles. The monoisotopic (exact) mass is 474 g/mol. The summed E-state index contributed by atoms with van der Waals surface area (Å²) in [4.78, 5) is 18.8. The Bertz CT molecular complexity index is 1420. The van der Waals surface area contributed by atoms with E-state index in [1.165, 1.54) is 18.2 Å². The van der Waals surface area contributed by atoms with Gasteiger partial charge in [0.15, 0.2) is 23.3 Å². The number of aromatic amines is 1. The predicted molar refractivity (Wildman–Crippen MR) is 117 cm³/mol. The van der Waals surface area contributed by atoms with Crippen molar-refractivity contribution in [1.82, 2.24) is 9.97 Å². The van der Waals surface area contributed by atoms with Crippen molar-refractivity contribution < 1.29 is 26.7 Å². The summed E-state index contributed by atoms with van der Waals surface area (Å²) in [5.41, 5.74) is 0.742. The fraction of sp³-hybridized carbons (Fsp3) is 0.200. The van der Waals surface area contributed by atoms with Gasteiger partial charge < -0.3 is 9.72 Å². The van der Waals surface area contributed by atoms with Gasteiger partial charge in [-0.15, -0.1) is 0 Å². The van der Waals surface area contributed by atoms with E-state index in [1.807, 2.05) is 26.0 Å². The van der Waals surface area contributed by atoms with Crippen LogP contribution in [0.1, 0.15) is 42.6 Å². The van der Waals surface area contributed by atoms with Crippen LogP contribution in [0.25, 0.3) is 22.2 Å². The highest BCUT2D eigenvalue weighted by Gasteiger charge is 2.31. The van der Waals surface area contributed by atoms with Gasteiger partial charge in [-0.05, 0) is 29.2 Å². The second kappa shape index (κ2) is 8.98. The SMILES string of the molecule is COC(c1ccc2[nH]c(=O)nc(-c3ccc(C(C)C)cc3)c2c1)c1c(F)c(F)c(F)c(F)c1F. The molecule has 0 bridgehead atoms. The number of methoxy groups -OCH3 is 1. The highest BCUT2D eigenvalue weighted by molar-refractivity contribution is 5.92. The van der Waals surface area contributed by atoms with Gasteiger partial charge in [-0.3, -0.25) is 0 Å². The van der Waals surface area contributed by atoms with Gasteiger partial charge in [-0.1, -0.05) is 44.2 Å². The number of hydrogen-bond acceptors (Lipinski definition) is 3. The lowest BCUT2D eigenvalue weighted by molar-refractivity contribution is 0.127. The van der Waals surface area contributed by atoms with Crippen LogP contribution >= 0.6 is 0 Å². The van der Waals surface area contributed by atoms with Crippen molar-refractivity contribution in [1.29, 1.82) is 0 Å². The van der Waals surface area contributed by atoms with Gasteiger partial charge in [0.1, 0.15) is 6.10 Å². The number of halogens is 5. The zero-order valence-electron chi connectivity index (χ0n) is 18.3. The van der Waals surface area contributed by atoms with Crippen LogP contribution in [0.15, 0.2) is 47.3 Å². The third-order valence-electron chi connectivity index (χ3n) is 5.65. The van der Waals surface area contributed by atoms with E-state index in [1.54, 1.807) is 12.1 Å². The number of ether oxygens (including phenoxy) is 1. The second-order valence-electron chi connectivity index (χ2n) is 8.07. The molecule has 4 nitrogen and oxygen atoms in total. The third kappa shape index (κ3) is 3.96. The number of aromatic nitrogens is 2. The van der Waals surface area contributed by atoms with E-state index in [-0.39, 0.29) is 11.5 Å². The molecule has 0 amide bonds. The number of hydrogen-bond donors (Lipinski definition) is 1. The average Bonchev–Trinajstić information content (AvgIpc) is 2.83. The minimum atomic E-state index is -2.25. The molecule has 0 radical (unpaired) electrons. The number of nitrogens with one attached hydrogen (secondary N) is 1. The minimum absolute atomic E-state index is 0.104. The lowest BCUT2D eigenvalue weighted by Crippen LogP contribution is -2.15. The summed E-state index contributed by atoms with van der Waals surface area (Å²) in [6.45, 7) is 4.07.